The zero-order chi connectivity index (χ0) is 16.9. The fourth-order valence-electron chi connectivity index (χ4n) is 2.92. The van der Waals surface area contributed by atoms with Gasteiger partial charge in [-0.3, -0.25) is 14.6 Å². The van der Waals surface area contributed by atoms with Crippen LogP contribution in [0.25, 0.3) is 0 Å². The minimum absolute atomic E-state index is 0.0383. The van der Waals surface area contributed by atoms with Crippen molar-refractivity contribution in [3.05, 3.63) is 53.9 Å². The number of amides is 1. The van der Waals surface area contributed by atoms with Crippen molar-refractivity contribution in [2.24, 2.45) is 0 Å². The van der Waals surface area contributed by atoms with E-state index >= 15 is 0 Å². The lowest BCUT2D eigenvalue weighted by Crippen LogP contribution is -2.33. The first-order valence-electron chi connectivity index (χ1n) is 8.27. The molecule has 1 aromatic heterocycles. The molecule has 0 unspecified atom stereocenters. The Bertz CT molecular complexity index is 735. The smallest absolute Gasteiger partial charge is 0.270 e. The Labute approximate surface area is 141 Å². The Morgan fingerprint density at radius 1 is 1.04 bits per heavy atom. The van der Waals surface area contributed by atoms with Gasteiger partial charge in [-0.15, -0.1) is 0 Å². The molecule has 0 atom stereocenters. The molecule has 1 fully saturated rings. The molecule has 0 bridgehead atoms. The Morgan fingerprint density at radius 2 is 1.75 bits per heavy atom. The predicted octanol–water partition coefficient (Wildman–Crippen LogP) is 3.70. The number of rotatable bonds is 5. The molecule has 2 N–H and O–H groups in total. The number of pyridine rings is 1. The highest BCUT2D eigenvalue weighted by atomic mass is 16.2. The Morgan fingerprint density at radius 3 is 2.42 bits per heavy atom. The normalized spacial score (nSPS) is 14.4. The van der Waals surface area contributed by atoms with E-state index in [1.54, 1.807) is 31.3 Å². The van der Waals surface area contributed by atoms with Gasteiger partial charge in [-0.1, -0.05) is 12.8 Å². The number of anilines is 2. The van der Waals surface area contributed by atoms with Crippen LogP contribution in [0.1, 0.15) is 53.5 Å². The minimum Gasteiger partial charge on any atom is -0.355 e. The number of nitrogens with zero attached hydrogens (tertiary/aromatic N) is 1. The molecule has 5 heteroatoms. The molecule has 1 aliphatic carbocycles. The van der Waals surface area contributed by atoms with Gasteiger partial charge in [0.1, 0.15) is 5.69 Å². The van der Waals surface area contributed by atoms with Crippen LogP contribution in [0.2, 0.25) is 0 Å². The van der Waals surface area contributed by atoms with Crippen LogP contribution in [0.15, 0.2) is 42.6 Å². The van der Waals surface area contributed by atoms with Crippen LogP contribution in [-0.2, 0) is 0 Å². The molecule has 3 rings (SSSR count). The van der Waals surface area contributed by atoms with Crippen LogP contribution in [-0.4, -0.2) is 22.7 Å². The number of carbonyl (C=O) groups excluding carboxylic acids is 2. The summed E-state index contributed by atoms with van der Waals surface area (Å²) in [7, 11) is 0. The highest BCUT2D eigenvalue weighted by molar-refractivity contribution is 5.95. The van der Waals surface area contributed by atoms with Gasteiger partial charge in [0.2, 0.25) is 0 Å². The summed E-state index contributed by atoms with van der Waals surface area (Å²) in [4.78, 5) is 27.8. The maximum atomic E-state index is 12.3. The Kier molecular flexibility index (Phi) is 4.89. The van der Waals surface area contributed by atoms with Crippen molar-refractivity contribution in [2.45, 2.75) is 38.6 Å². The summed E-state index contributed by atoms with van der Waals surface area (Å²) < 4.78 is 0. The summed E-state index contributed by atoms with van der Waals surface area (Å²) in [6, 6.07) is 11.1. The lowest BCUT2D eigenvalue weighted by atomic mass is 10.1. The monoisotopic (exact) mass is 323 g/mol. The number of carbonyl (C=O) groups is 2. The zero-order valence-corrected chi connectivity index (χ0v) is 13.7. The summed E-state index contributed by atoms with van der Waals surface area (Å²) in [6.45, 7) is 1.54. The second-order valence-electron chi connectivity index (χ2n) is 6.14. The fraction of sp³-hybridized carbons (Fsp3) is 0.316. The van der Waals surface area contributed by atoms with E-state index in [2.05, 4.69) is 15.6 Å². The second-order valence-corrected chi connectivity index (χ2v) is 6.14. The topological polar surface area (TPSA) is 71.1 Å². The number of nitrogens with one attached hydrogen (secondary N) is 2. The zero-order valence-electron chi connectivity index (χ0n) is 13.7. The molecule has 0 spiro atoms. The van der Waals surface area contributed by atoms with Crippen molar-refractivity contribution in [2.75, 3.05) is 5.32 Å². The van der Waals surface area contributed by atoms with Crippen LogP contribution >= 0.6 is 0 Å². The summed E-state index contributed by atoms with van der Waals surface area (Å²) in [5.74, 6) is -0.0891. The number of aromatic nitrogens is 1. The molecule has 24 heavy (non-hydrogen) atoms. The molecule has 1 aromatic carbocycles. The van der Waals surface area contributed by atoms with Crippen molar-refractivity contribution in [3.8, 4) is 0 Å². The Balaban J connectivity index is 1.68. The summed E-state index contributed by atoms with van der Waals surface area (Å²) in [6.07, 6.45) is 6.07. The van der Waals surface area contributed by atoms with Gasteiger partial charge >= 0.3 is 0 Å². The lowest BCUT2D eigenvalue weighted by Gasteiger charge is -2.12. The van der Waals surface area contributed by atoms with Crippen LogP contribution in [0.4, 0.5) is 11.4 Å². The largest absolute Gasteiger partial charge is 0.355 e. The highest BCUT2D eigenvalue weighted by Crippen LogP contribution is 2.20. The van der Waals surface area contributed by atoms with Crippen LogP contribution < -0.4 is 10.6 Å². The van der Waals surface area contributed by atoms with Gasteiger partial charge in [0, 0.05) is 29.2 Å². The maximum absolute atomic E-state index is 12.3. The average Bonchev–Trinajstić information content (AvgIpc) is 3.08. The van der Waals surface area contributed by atoms with E-state index in [1.807, 2.05) is 18.2 Å². The summed E-state index contributed by atoms with van der Waals surface area (Å²) >= 11 is 0. The Hall–Kier alpha value is -2.69. The number of benzene rings is 1. The third kappa shape index (κ3) is 3.98. The first kappa shape index (κ1) is 16.2. The molecule has 1 heterocycles. The standard InChI is InChI=1S/C19H21N3O2/c1-13(23)14-6-8-16(9-7-14)21-17-10-11-20-18(12-17)19(24)22-15-4-2-3-5-15/h6-12,15H,2-5H2,1H3,(H,20,21)(H,22,24). The van der Waals surface area contributed by atoms with Crippen LogP contribution in [0.5, 0.6) is 0 Å². The number of hydrogen-bond acceptors (Lipinski definition) is 4. The number of Topliss-reactive ketones (excluding diaryl/α,β-unsaturated/α-hetero) is 1. The second kappa shape index (κ2) is 7.25. The fourth-order valence-corrected chi connectivity index (χ4v) is 2.92. The quantitative estimate of drug-likeness (QED) is 0.823. The molecular formula is C19H21N3O2. The van der Waals surface area contributed by atoms with Gasteiger partial charge in [0.05, 0.1) is 0 Å². The highest BCUT2D eigenvalue weighted by Gasteiger charge is 2.18. The SMILES string of the molecule is CC(=O)c1ccc(Nc2ccnc(C(=O)NC3CCCC3)c2)cc1. The third-order valence-electron chi connectivity index (χ3n) is 4.26. The van der Waals surface area contributed by atoms with Gasteiger partial charge < -0.3 is 10.6 Å². The van der Waals surface area contributed by atoms with E-state index in [1.165, 1.54) is 12.8 Å². The van der Waals surface area contributed by atoms with Crippen molar-refractivity contribution in [3.63, 3.8) is 0 Å². The molecule has 124 valence electrons. The van der Waals surface area contributed by atoms with Crippen molar-refractivity contribution in [1.82, 2.24) is 10.3 Å². The van der Waals surface area contributed by atoms with E-state index in [9.17, 15) is 9.59 Å². The van der Waals surface area contributed by atoms with Crippen molar-refractivity contribution in [1.29, 1.82) is 0 Å². The van der Waals surface area contributed by atoms with Gasteiger partial charge in [-0.2, -0.15) is 0 Å². The van der Waals surface area contributed by atoms with Crippen molar-refractivity contribution >= 4 is 23.1 Å². The number of hydrogen-bond donors (Lipinski definition) is 2. The predicted molar refractivity (Wildman–Crippen MR) is 93.7 cm³/mol. The lowest BCUT2D eigenvalue weighted by molar-refractivity contribution is 0.0932. The molecule has 1 saturated carbocycles. The molecule has 1 aliphatic rings. The van der Waals surface area contributed by atoms with Crippen LogP contribution in [0.3, 0.4) is 0 Å². The molecular weight excluding hydrogens is 302 g/mol. The van der Waals surface area contributed by atoms with Gasteiger partial charge in [-0.25, -0.2) is 0 Å². The minimum atomic E-state index is -0.127. The summed E-state index contributed by atoms with van der Waals surface area (Å²) in [5, 5.41) is 6.27. The van der Waals surface area contributed by atoms with E-state index in [-0.39, 0.29) is 17.7 Å². The first-order chi connectivity index (χ1) is 11.6. The van der Waals surface area contributed by atoms with Gasteiger partial charge in [0.25, 0.3) is 5.91 Å². The first-order valence-corrected chi connectivity index (χ1v) is 8.27. The van der Waals surface area contributed by atoms with Crippen molar-refractivity contribution < 1.29 is 9.59 Å². The van der Waals surface area contributed by atoms with E-state index in [0.29, 0.717) is 11.3 Å². The molecule has 0 aliphatic heterocycles. The van der Waals surface area contributed by atoms with E-state index in [0.717, 1.165) is 24.2 Å². The number of ketones is 1. The molecule has 5 nitrogen and oxygen atoms in total. The van der Waals surface area contributed by atoms with Crippen LogP contribution in [0, 0.1) is 0 Å². The third-order valence-corrected chi connectivity index (χ3v) is 4.26. The average molecular weight is 323 g/mol. The molecule has 2 aromatic rings. The maximum Gasteiger partial charge on any atom is 0.270 e. The van der Waals surface area contributed by atoms with Gasteiger partial charge in [-0.05, 0) is 56.2 Å². The van der Waals surface area contributed by atoms with E-state index < -0.39 is 0 Å². The summed E-state index contributed by atoms with van der Waals surface area (Å²) in [5.41, 5.74) is 2.73. The van der Waals surface area contributed by atoms with E-state index in [4.69, 9.17) is 0 Å². The molecule has 0 radical (unpaired) electrons. The molecule has 0 saturated heterocycles. The molecule has 1 amide bonds. The van der Waals surface area contributed by atoms with Gasteiger partial charge in [0.15, 0.2) is 5.78 Å².